The summed E-state index contributed by atoms with van der Waals surface area (Å²) in [6.45, 7) is 6.39. The second kappa shape index (κ2) is 5.64. The van der Waals surface area contributed by atoms with Crippen LogP contribution in [0.1, 0.15) is 40.0 Å². The van der Waals surface area contributed by atoms with Crippen LogP contribution >= 0.6 is 12.6 Å². The molecule has 0 heterocycles. The molecule has 0 bridgehead atoms. The maximum atomic E-state index is 10.9. The number of thiol groups is 1. The standard InChI is InChI=1S/C9H18OS/c1-4-8(9(10)11)6-5-7(2)3/h7-8H,4-6H2,1-3H3,(H,10,11). The third-order valence-electron chi connectivity index (χ3n) is 1.93. The first-order valence-electron chi connectivity index (χ1n) is 4.30. The molecule has 11 heavy (non-hydrogen) atoms. The summed E-state index contributed by atoms with van der Waals surface area (Å²) in [4.78, 5) is 10.9. The lowest BCUT2D eigenvalue weighted by Crippen LogP contribution is -2.08. The molecule has 66 valence electrons. The Kier molecular flexibility index (Phi) is 5.65. The molecule has 0 rings (SSSR count). The molecule has 0 saturated carbocycles. The second-order valence-electron chi connectivity index (χ2n) is 3.41. The molecule has 0 amide bonds. The van der Waals surface area contributed by atoms with Crippen LogP contribution in [-0.2, 0) is 4.79 Å². The van der Waals surface area contributed by atoms with Gasteiger partial charge in [0, 0.05) is 5.92 Å². The lowest BCUT2D eigenvalue weighted by atomic mass is 9.97. The average molecular weight is 174 g/mol. The summed E-state index contributed by atoms with van der Waals surface area (Å²) >= 11 is 3.84. The van der Waals surface area contributed by atoms with Crippen molar-refractivity contribution in [3.05, 3.63) is 0 Å². The first-order valence-corrected chi connectivity index (χ1v) is 4.75. The minimum absolute atomic E-state index is 0.0492. The number of carbonyl (C=O) groups excluding carboxylic acids is 1. The minimum Gasteiger partial charge on any atom is -0.287 e. The monoisotopic (exact) mass is 174 g/mol. The molecule has 0 aromatic heterocycles. The molecule has 0 aliphatic heterocycles. The van der Waals surface area contributed by atoms with E-state index in [1.54, 1.807) is 0 Å². The van der Waals surface area contributed by atoms with Crippen molar-refractivity contribution in [3.63, 3.8) is 0 Å². The lowest BCUT2D eigenvalue weighted by Gasteiger charge is -2.11. The normalized spacial score (nSPS) is 13.5. The van der Waals surface area contributed by atoms with E-state index in [0.717, 1.165) is 19.3 Å². The Morgan fingerprint density at radius 3 is 2.18 bits per heavy atom. The van der Waals surface area contributed by atoms with Crippen LogP contribution in [0.5, 0.6) is 0 Å². The maximum Gasteiger partial charge on any atom is 0.188 e. The molecule has 0 fully saturated rings. The molecule has 0 spiro atoms. The van der Waals surface area contributed by atoms with Gasteiger partial charge in [-0.3, -0.25) is 4.79 Å². The van der Waals surface area contributed by atoms with E-state index in [2.05, 4.69) is 26.5 Å². The van der Waals surface area contributed by atoms with Crippen molar-refractivity contribution in [1.29, 1.82) is 0 Å². The van der Waals surface area contributed by atoms with Crippen LogP contribution in [0.3, 0.4) is 0 Å². The summed E-state index contributed by atoms with van der Waals surface area (Å²) < 4.78 is 0. The molecule has 1 atom stereocenters. The Morgan fingerprint density at radius 2 is 1.91 bits per heavy atom. The lowest BCUT2D eigenvalue weighted by molar-refractivity contribution is -0.114. The van der Waals surface area contributed by atoms with Crippen LogP contribution in [0.2, 0.25) is 0 Å². The van der Waals surface area contributed by atoms with Gasteiger partial charge >= 0.3 is 0 Å². The van der Waals surface area contributed by atoms with Gasteiger partial charge in [0.15, 0.2) is 5.12 Å². The van der Waals surface area contributed by atoms with E-state index < -0.39 is 0 Å². The summed E-state index contributed by atoms with van der Waals surface area (Å²) in [6.07, 6.45) is 3.05. The number of carbonyl (C=O) groups is 1. The third-order valence-corrected chi connectivity index (χ3v) is 2.30. The van der Waals surface area contributed by atoms with Gasteiger partial charge in [-0.25, -0.2) is 0 Å². The topological polar surface area (TPSA) is 17.1 Å². The third kappa shape index (κ3) is 5.31. The SMILES string of the molecule is CCC(CCC(C)C)C(=O)S. The highest BCUT2D eigenvalue weighted by molar-refractivity contribution is 7.96. The first-order chi connectivity index (χ1) is 5.07. The van der Waals surface area contributed by atoms with Gasteiger partial charge in [0.05, 0.1) is 0 Å². The Morgan fingerprint density at radius 1 is 1.36 bits per heavy atom. The van der Waals surface area contributed by atoms with Crippen LogP contribution in [0, 0.1) is 11.8 Å². The van der Waals surface area contributed by atoms with Crippen molar-refractivity contribution in [3.8, 4) is 0 Å². The summed E-state index contributed by atoms with van der Waals surface area (Å²) in [5.74, 6) is 0.873. The fraction of sp³-hybridized carbons (Fsp3) is 0.889. The molecule has 2 heteroatoms. The van der Waals surface area contributed by atoms with Gasteiger partial charge in [-0.2, -0.15) is 0 Å². The summed E-state index contributed by atoms with van der Waals surface area (Å²) in [6, 6.07) is 0. The molecule has 0 aromatic carbocycles. The van der Waals surface area contributed by atoms with Gasteiger partial charge in [0.25, 0.3) is 0 Å². The molecular weight excluding hydrogens is 156 g/mol. The highest BCUT2D eigenvalue weighted by Crippen LogP contribution is 2.17. The van der Waals surface area contributed by atoms with E-state index in [1.807, 2.05) is 6.92 Å². The molecule has 0 N–H and O–H groups in total. The van der Waals surface area contributed by atoms with E-state index in [9.17, 15) is 4.79 Å². The molecule has 0 aromatic rings. The summed E-state index contributed by atoms with van der Waals surface area (Å²) in [7, 11) is 0. The predicted molar refractivity (Wildman–Crippen MR) is 51.8 cm³/mol. The van der Waals surface area contributed by atoms with Gasteiger partial charge in [-0.15, -0.1) is 12.6 Å². The molecule has 0 aliphatic carbocycles. The fourth-order valence-electron chi connectivity index (χ4n) is 1.04. The zero-order valence-corrected chi connectivity index (χ0v) is 8.53. The van der Waals surface area contributed by atoms with Gasteiger partial charge in [-0.1, -0.05) is 27.2 Å². The first kappa shape index (κ1) is 11.0. The van der Waals surface area contributed by atoms with Crippen LogP contribution in [0.4, 0.5) is 0 Å². The van der Waals surface area contributed by atoms with Crippen LogP contribution < -0.4 is 0 Å². The highest BCUT2D eigenvalue weighted by atomic mass is 32.1. The average Bonchev–Trinajstić information content (AvgIpc) is 1.87. The van der Waals surface area contributed by atoms with Crippen molar-refractivity contribution in [2.24, 2.45) is 11.8 Å². The summed E-state index contributed by atoms with van der Waals surface area (Å²) in [5, 5.41) is 0.0492. The quantitative estimate of drug-likeness (QED) is 0.634. The Hall–Kier alpha value is 0.0200. The van der Waals surface area contributed by atoms with Crippen molar-refractivity contribution in [2.75, 3.05) is 0 Å². The number of rotatable bonds is 5. The number of hydrogen-bond acceptors (Lipinski definition) is 1. The Labute approximate surface area is 75.0 Å². The minimum atomic E-state index is 0.0492. The van der Waals surface area contributed by atoms with Gasteiger partial charge < -0.3 is 0 Å². The van der Waals surface area contributed by atoms with Crippen molar-refractivity contribution in [2.45, 2.75) is 40.0 Å². The fourth-order valence-corrected chi connectivity index (χ4v) is 1.35. The van der Waals surface area contributed by atoms with Crippen molar-refractivity contribution < 1.29 is 4.79 Å². The molecular formula is C9H18OS. The van der Waals surface area contributed by atoms with Crippen LogP contribution in [0.15, 0.2) is 0 Å². The van der Waals surface area contributed by atoms with Crippen molar-refractivity contribution in [1.82, 2.24) is 0 Å². The highest BCUT2D eigenvalue weighted by Gasteiger charge is 2.12. The second-order valence-corrected chi connectivity index (χ2v) is 3.86. The molecule has 0 radical (unpaired) electrons. The smallest absolute Gasteiger partial charge is 0.188 e. The van der Waals surface area contributed by atoms with E-state index in [4.69, 9.17) is 0 Å². The van der Waals surface area contributed by atoms with Crippen LogP contribution in [0.25, 0.3) is 0 Å². The van der Waals surface area contributed by atoms with E-state index in [0.29, 0.717) is 5.92 Å². The zero-order valence-electron chi connectivity index (χ0n) is 7.63. The van der Waals surface area contributed by atoms with Crippen molar-refractivity contribution >= 4 is 17.7 Å². The molecule has 1 nitrogen and oxygen atoms in total. The Bertz CT molecular complexity index is 121. The van der Waals surface area contributed by atoms with Gasteiger partial charge in [0.1, 0.15) is 0 Å². The maximum absolute atomic E-state index is 10.9. The molecule has 0 saturated heterocycles. The summed E-state index contributed by atoms with van der Waals surface area (Å²) in [5.41, 5.74) is 0. The van der Waals surface area contributed by atoms with Gasteiger partial charge in [0.2, 0.25) is 0 Å². The van der Waals surface area contributed by atoms with Crippen LogP contribution in [-0.4, -0.2) is 5.12 Å². The van der Waals surface area contributed by atoms with E-state index >= 15 is 0 Å². The largest absolute Gasteiger partial charge is 0.287 e. The Balaban J connectivity index is 3.61. The molecule has 1 unspecified atom stereocenters. The van der Waals surface area contributed by atoms with Gasteiger partial charge in [-0.05, 0) is 18.8 Å². The van der Waals surface area contributed by atoms with E-state index in [1.165, 1.54) is 0 Å². The van der Waals surface area contributed by atoms with E-state index in [-0.39, 0.29) is 11.0 Å². The molecule has 0 aliphatic rings. The zero-order chi connectivity index (χ0) is 8.85. The number of hydrogen-bond donors (Lipinski definition) is 1. The predicted octanol–water partition coefficient (Wildman–Crippen LogP) is 2.91.